The van der Waals surface area contributed by atoms with Gasteiger partial charge in [0, 0.05) is 13.6 Å². The van der Waals surface area contributed by atoms with Crippen molar-refractivity contribution in [2.45, 2.75) is 24.8 Å². The van der Waals surface area contributed by atoms with Crippen molar-refractivity contribution in [1.29, 1.82) is 0 Å². The molecule has 1 unspecified atom stereocenters. The summed E-state index contributed by atoms with van der Waals surface area (Å²) in [5.41, 5.74) is 0.710. The van der Waals surface area contributed by atoms with Crippen molar-refractivity contribution < 1.29 is 26.4 Å². The van der Waals surface area contributed by atoms with Gasteiger partial charge in [-0.05, 0) is 13.8 Å². The van der Waals surface area contributed by atoms with Crippen LogP contribution in [-0.4, -0.2) is 68.1 Å². The molecule has 2 heterocycles. The summed E-state index contributed by atoms with van der Waals surface area (Å²) >= 11 is 0. The molecular weight excluding hydrogens is 346 g/mol. The van der Waals surface area contributed by atoms with Gasteiger partial charge >= 0.3 is 5.97 Å². The maximum absolute atomic E-state index is 13.0. The molecule has 9 nitrogen and oxygen atoms in total. The molecule has 1 fully saturated rings. The molecule has 0 N–H and O–H groups in total. The minimum atomic E-state index is -4.07. The first-order chi connectivity index (χ1) is 10.5. The van der Waals surface area contributed by atoms with Crippen LogP contribution in [0.2, 0.25) is 0 Å². The van der Waals surface area contributed by atoms with Gasteiger partial charge in [-0.2, -0.15) is 9.40 Å². The molecule has 0 aliphatic carbocycles. The lowest BCUT2D eigenvalue weighted by molar-refractivity contribution is -0.144. The van der Waals surface area contributed by atoms with E-state index >= 15 is 0 Å². The minimum Gasteiger partial charge on any atom is -0.468 e. The number of hydrogen-bond acceptors (Lipinski definition) is 7. The van der Waals surface area contributed by atoms with Crippen molar-refractivity contribution in [1.82, 2.24) is 14.1 Å². The predicted octanol–water partition coefficient (Wildman–Crippen LogP) is -1.00. The molecule has 1 saturated heterocycles. The minimum absolute atomic E-state index is 0.00630. The summed E-state index contributed by atoms with van der Waals surface area (Å²) in [5, 5.41) is 4.07. The molecule has 23 heavy (non-hydrogen) atoms. The summed E-state index contributed by atoms with van der Waals surface area (Å²) in [6, 6.07) is -1.39. The molecule has 1 aliphatic heterocycles. The summed E-state index contributed by atoms with van der Waals surface area (Å²) in [6.07, 6.45) is 0. The molecule has 1 atom stereocenters. The first-order valence-electron chi connectivity index (χ1n) is 6.81. The van der Waals surface area contributed by atoms with Gasteiger partial charge in [0.1, 0.15) is 10.9 Å². The number of rotatable bonds is 3. The Bertz CT molecular complexity index is 840. The number of esters is 1. The molecular formula is C12H19N3O6S2. The van der Waals surface area contributed by atoms with Crippen molar-refractivity contribution in [3.8, 4) is 0 Å². The summed E-state index contributed by atoms with van der Waals surface area (Å²) in [5.74, 6) is -1.81. The highest BCUT2D eigenvalue weighted by molar-refractivity contribution is 7.92. The van der Waals surface area contributed by atoms with Gasteiger partial charge in [-0.15, -0.1) is 0 Å². The topological polar surface area (TPSA) is 116 Å². The molecule has 0 radical (unpaired) electrons. The van der Waals surface area contributed by atoms with Crippen molar-refractivity contribution in [3.05, 3.63) is 11.4 Å². The largest absolute Gasteiger partial charge is 0.468 e. The zero-order chi connectivity index (χ0) is 17.6. The predicted molar refractivity (Wildman–Crippen MR) is 81.0 cm³/mol. The van der Waals surface area contributed by atoms with Gasteiger partial charge in [0.05, 0.1) is 30.0 Å². The lowest BCUT2D eigenvalue weighted by Gasteiger charge is -2.32. The molecule has 0 aromatic carbocycles. The Morgan fingerprint density at radius 2 is 1.96 bits per heavy atom. The smallest absolute Gasteiger partial charge is 0.325 e. The zero-order valence-electron chi connectivity index (χ0n) is 13.3. The second kappa shape index (κ2) is 5.87. The molecule has 130 valence electrons. The fourth-order valence-electron chi connectivity index (χ4n) is 2.65. The summed E-state index contributed by atoms with van der Waals surface area (Å²) in [4.78, 5) is 11.9. The number of sulfonamides is 1. The lowest BCUT2D eigenvalue weighted by atomic mass is 10.3. The Morgan fingerprint density at radius 3 is 2.43 bits per heavy atom. The standard InChI is InChI=1S/C12H19N3O6S2/c1-8-11(9(2)14(3)13-8)23(19,20)15-5-6-22(17,18)7-10(15)12(16)21-4/h10H,5-7H2,1-4H3. The van der Waals surface area contributed by atoms with Crippen LogP contribution in [0.3, 0.4) is 0 Å². The summed E-state index contributed by atoms with van der Waals surface area (Å²) in [7, 11) is -4.87. The van der Waals surface area contributed by atoms with Crippen LogP contribution in [0, 0.1) is 13.8 Å². The van der Waals surface area contributed by atoms with Gasteiger partial charge in [0.25, 0.3) is 0 Å². The first kappa shape index (κ1) is 17.9. The highest BCUT2D eigenvalue weighted by Crippen LogP contribution is 2.27. The van der Waals surface area contributed by atoms with Crippen LogP contribution >= 0.6 is 0 Å². The first-order valence-corrected chi connectivity index (χ1v) is 10.1. The lowest BCUT2D eigenvalue weighted by Crippen LogP contribution is -2.55. The third-order valence-corrected chi connectivity index (χ3v) is 7.65. The number of carbonyl (C=O) groups is 1. The SMILES string of the molecule is COC(=O)C1CS(=O)(=O)CCN1S(=O)(=O)c1c(C)nn(C)c1C. The van der Waals surface area contributed by atoms with E-state index in [4.69, 9.17) is 0 Å². The van der Waals surface area contributed by atoms with Crippen molar-refractivity contribution >= 4 is 25.8 Å². The molecule has 11 heteroatoms. The number of hydrogen-bond donors (Lipinski definition) is 0. The molecule has 0 bridgehead atoms. The van der Waals surface area contributed by atoms with Gasteiger partial charge in [0.15, 0.2) is 9.84 Å². The normalized spacial score (nSPS) is 22.0. The number of methoxy groups -OCH3 is 1. The third kappa shape index (κ3) is 3.12. The number of aromatic nitrogens is 2. The van der Waals surface area contributed by atoms with Crippen LogP contribution in [0.25, 0.3) is 0 Å². The van der Waals surface area contributed by atoms with E-state index in [9.17, 15) is 21.6 Å². The van der Waals surface area contributed by atoms with E-state index < -0.39 is 37.6 Å². The maximum Gasteiger partial charge on any atom is 0.325 e. The van der Waals surface area contributed by atoms with Crippen LogP contribution in [0.1, 0.15) is 11.4 Å². The average molecular weight is 365 g/mol. The highest BCUT2D eigenvalue weighted by Gasteiger charge is 2.44. The molecule has 0 amide bonds. The van der Waals surface area contributed by atoms with E-state index in [1.54, 1.807) is 20.9 Å². The van der Waals surface area contributed by atoms with Crippen molar-refractivity contribution in [2.75, 3.05) is 25.2 Å². The van der Waals surface area contributed by atoms with Gasteiger partial charge in [-0.25, -0.2) is 16.8 Å². The summed E-state index contributed by atoms with van der Waals surface area (Å²) in [6.45, 7) is 2.85. The van der Waals surface area contributed by atoms with Gasteiger partial charge in [-0.3, -0.25) is 9.48 Å². The van der Waals surface area contributed by atoms with E-state index in [1.807, 2.05) is 0 Å². The third-order valence-electron chi connectivity index (χ3n) is 3.86. The molecule has 1 aromatic heterocycles. The van der Waals surface area contributed by atoms with E-state index in [1.165, 1.54) is 4.68 Å². The van der Waals surface area contributed by atoms with Crippen molar-refractivity contribution in [3.63, 3.8) is 0 Å². The van der Waals surface area contributed by atoms with Gasteiger partial charge in [-0.1, -0.05) is 0 Å². The molecule has 0 spiro atoms. The van der Waals surface area contributed by atoms with E-state index in [2.05, 4.69) is 9.84 Å². The Labute approximate surface area is 135 Å². The fourth-order valence-corrected chi connectivity index (χ4v) is 6.28. The fraction of sp³-hybridized carbons (Fsp3) is 0.667. The highest BCUT2D eigenvalue weighted by atomic mass is 32.2. The van der Waals surface area contributed by atoms with Gasteiger partial charge < -0.3 is 4.74 Å². The van der Waals surface area contributed by atoms with Crippen molar-refractivity contribution in [2.24, 2.45) is 7.05 Å². The summed E-state index contributed by atoms with van der Waals surface area (Å²) < 4.78 is 56.4. The average Bonchev–Trinajstić information content (AvgIpc) is 2.70. The second-order valence-electron chi connectivity index (χ2n) is 5.39. The Balaban J connectivity index is 2.55. The number of sulfone groups is 1. The van der Waals surface area contributed by atoms with Crippen LogP contribution in [0.5, 0.6) is 0 Å². The molecule has 1 aliphatic rings. The number of carbonyl (C=O) groups excluding carboxylic acids is 1. The van der Waals surface area contributed by atoms with Crippen LogP contribution in [0.4, 0.5) is 0 Å². The molecule has 2 rings (SSSR count). The van der Waals surface area contributed by atoms with E-state index in [0.29, 0.717) is 11.4 Å². The van der Waals surface area contributed by atoms with E-state index in [-0.39, 0.29) is 17.2 Å². The molecule has 1 aromatic rings. The van der Waals surface area contributed by atoms with Crippen LogP contribution in [-0.2, 0) is 36.4 Å². The quantitative estimate of drug-likeness (QED) is 0.631. The Morgan fingerprint density at radius 1 is 1.35 bits per heavy atom. The Hall–Kier alpha value is -1.46. The Kier molecular flexibility index (Phi) is 4.57. The second-order valence-corrected chi connectivity index (χ2v) is 9.45. The van der Waals surface area contributed by atoms with Crippen LogP contribution in [0.15, 0.2) is 4.90 Å². The number of nitrogens with zero attached hydrogens (tertiary/aromatic N) is 3. The van der Waals surface area contributed by atoms with E-state index in [0.717, 1.165) is 11.4 Å². The molecule has 0 saturated carbocycles. The maximum atomic E-state index is 13.0. The monoisotopic (exact) mass is 365 g/mol. The van der Waals surface area contributed by atoms with Gasteiger partial charge in [0.2, 0.25) is 10.0 Å². The number of ether oxygens (including phenoxy) is 1. The zero-order valence-corrected chi connectivity index (χ0v) is 14.9. The number of aryl methyl sites for hydroxylation is 2. The van der Waals surface area contributed by atoms with Crippen LogP contribution < -0.4 is 0 Å².